The van der Waals surface area contributed by atoms with E-state index in [1.807, 2.05) is 31.2 Å². The van der Waals surface area contributed by atoms with Crippen LogP contribution in [0.15, 0.2) is 36.8 Å². The fraction of sp³-hybridized carbons (Fsp3) is 0.143. The maximum absolute atomic E-state index is 12.3. The van der Waals surface area contributed by atoms with Crippen LogP contribution in [0, 0.1) is 13.8 Å². The zero-order chi connectivity index (χ0) is 14.1. The molecule has 0 atom stereocenters. The second-order valence-electron chi connectivity index (χ2n) is 4.51. The summed E-state index contributed by atoms with van der Waals surface area (Å²) in [6, 6.07) is 7.62. The molecule has 6 nitrogen and oxygen atoms in total. The van der Waals surface area contributed by atoms with Crippen molar-refractivity contribution < 1.29 is 4.79 Å². The molecule has 0 aliphatic heterocycles. The summed E-state index contributed by atoms with van der Waals surface area (Å²) in [6.07, 6.45) is 3.04. The Kier molecular flexibility index (Phi) is 2.90. The van der Waals surface area contributed by atoms with Crippen molar-refractivity contribution in [2.24, 2.45) is 0 Å². The summed E-state index contributed by atoms with van der Waals surface area (Å²) in [7, 11) is 0. The number of carbonyl (C=O) groups is 1. The summed E-state index contributed by atoms with van der Waals surface area (Å²) in [5.41, 5.74) is 2.90. The van der Waals surface area contributed by atoms with E-state index in [9.17, 15) is 4.79 Å². The number of benzene rings is 1. The number of aromatic nitrogens is 4. The highest BCUT2D eigenvalue weighted by Crippen LogP contribution is 2.15. The zero-order valence-corrected chi connectivity index (χ0v) is 11.2. The number of rotatable bonds is 2. The largest absolute Gasteiger partial charge is 0.322 e. The second-order valence-corrected chi connectivity index (χ2v) is 4.51. The monoisotopic (exact) mass is 267 g/mol. The van der Waals surface area contributed by atoms with E-state index in [1.165, 1.54) is 10.8 Å². The molecule has 0 saturated heterocycles. The van der Waals surface area contributed by atoms with E-state index in [2.05, 4.69) is 20.4 Å². The molecule has 2 heterocycles. The first-order chi connectivity index (χ1) is 9.65. The predicted molar refractivity (Wildman–Crippen MR) is 74.7 cm³/mol. The minimum absolute atomic E-state index is 0.207. The SMILES string of the molecule is Cc1ccccc1NC(=O)c1cn2ncnc2nc1C. The summed E-state index contributed by atoms with van der Waals surface area (Å²) >= 11 is 0. The number of hydrogen-bond acceptors (Lipinski definition) is 4. The van der Waals surface area contributed by atoms with Crippen LogP contribution in [0.4, 0.5) is 5.69 Å². The highest BCUT2D eigenvalue weighted by atomic mass is 16.1. The molecule has 6 heteroatoms. The highest BCUT2D eigenvalue weighted by molar-refractivity contribution is 6.05. The molecule has 2 aromatic heterocycles. The standard InChI is InChI=1S/C14H13N5O/c1-9-5-3-4-6-12(9)18-13(20)11-7-19-14(15-8-16-19)17-10(11)2/h3-8H,1-2H3,(H,18,20). The van der Waals surface area contributed by atoms with Gasteiger partial charge in [-0.2, -0.15) is 10.1 Å². The fourth-order valence-corrected chi connectivity index (χ4v) is 1.97. The maximum Gasteiger partial charge on any atom is 0.259 e. The molecule has 0 aliphatic carbocycles. The van der Waals surface area contributed by atoms with Gasteiger partial charge in [-0.1, -0.05) is 18.2 Å². The molecule has 0 saturated carbocycles. The molecular weight excluding hydrogens is 254 g/mol. The number of carbonyl (C=O) groups excluding carboxylic acids is 1. The van der Waals surface area contributed by atoms with Crippen molar-refractivity contribution in [3.8, 4) is 0 Å². The number of amides is 1. The molecule has 1 amide bonds. The average molecular weight is 267 g/mol. The van der Waals surface area contributed by atoms with Gasteiger partial charge in [0.05, 0.1) is 11.3 Å². The van der Waals surface area contributed by atoms with E-state index >= 15 is 0 Å². The Morgan fingerprint density at radius 1 is 1.25 bits per heavy atom. The fourth-order valence-electron chi connectivity index (χ4n) is 1.97. The molecule has 100 valence electrons. The summed E-state index contributed by atoms with van der Waals surface area (Å²) in [5, 5.41) is 6.87. The van der Waals surface area contributed by atoms with Crippen LogP contribution in [0.3, 0.4) is 0 Å². The maximum atomic E-state index is 12.3. The normalized spacial score (nSPS) is 10.7. The van der Waals surface area contributed by atoms with Crippen molar-refractivity contribution >= 4 is 17.4 Å². The Labute approximate surface area is 115 Å². The number of anilines is 1. The van der Waals surface area contributed by atoms with Crippen LogP contribution in [0.5, 0.6) is 0 Å². The van der Waals surface area contributed by atoms with E-state index in [0.717, 1.165) is 11.3 Å². The van der Waals surface area contributed by atoms with Gasteiger partial charge in [0.1, 0.15) is 6.33 Å². The van der Waals surface area contributed by atoms with Crippen molar-refractivity contribution in [1.82, 2.24) is 19.6 Å². The highest BCUT2D eigenvalue weighted by Gasteiger charge is 2.13. The van der Waals surface area contributed by atoms with Crippen molar-refractivity contribution in [2.45, 2.75) is 13.8 Å². The first-order valence-electron chi connectivity index (χ1n) is 6.19. The first-order valence-corrected chi connectivity index (χ1v) is 6.19. The lowest BCUT2D eigenvalue weighted by molar-refractivity contribution is 0.102. The topological polar surface area (TPSA) is 72.2 Å². The van der Waals surface area contributed by atoms with Gasteiger partial charge in [0.2, 0.25) is 0 Å². The molecule has 0 unspecified atom stereocenters. The quantitative estimate of drug-likeness (QED) is 0.770. The minimum Gasteiger partial charge on any atom is -0.322 e. The van der Waals surface area contributed by atoms with Crippen LogP contribution in [-0.2, 0) is 0 Å². The van der Waals surface area contributed by atoms with Crippen LogP contribution in [-0.4, -0.2) is 25.5 Å². The average Bonchev–Trinajstić information content (AvgIpc) is 2.87. The lowest BCUT2D eigenvalue weighted by Crippen LogP contribution is -2.16. The summed E-state index contributed by atoms with van der Waals surface area (Å²) in [6.45, 7) is 3.72. The van der Waals surface area contributed by atoms with Gasteiger partial charge in [-0.25, -0.2) is 9.50 Å². The van der Waals surface area contributed by atoms with Crippen LogP contribution in [0.1, 0.15) is 21.6 Å². The van der Waals surface area contributed by atoms with Crippen LogP contribution >= 0.6 is 0 Å². The predicted octanol–water partition coefficient (Wildman–Crippen LogP) is 1.99. The second kappa shape index (κ2) is 4.73. The molecule has 1 N–H and O–H groups in total. The van der Waals surface area contributed by atoms with Gasteiger partial charge in [-0.3, -0.25) is 4.79 Å². The zero-order valence-electron chi connectivity index (χ0n) is 11.2. The van der Waals surface area contributed by atoms with E-state index in [1.54, 1.807) is 13.1 Å². The van der Waals surface area contributed by atoms with Gasteiger partial charge in [0, 0.05) is 11.9 Å². The Bertz CT molecular complexity index is 793. The van der Waals surface area contributed by atoms with Crippen molar-refractivity contribution in [1.29, 1.82) is 0 Å². The molecule has 3 rings (SSSR count). The van der Waals surface area contributed by atoms with Crippen LogP contribution < -0.4 is 5.32 Å². The van der Waals surface area contributed by atoms with E-state index in [-0.39, 0.29) is 5.91 Å². The number of nitrogens with zero attached hydrogens (tertiary/aromatic N) is 4. The summed E-state index contributed by atoms with van der Waals surface area (Å²) in [4.78, 5) is 20.6. The molecule has 0 fully saturated rings. The van der Waals surface area contributed by atoms with E-state index in [0.29, 0.717) is 17.0 Å². The summed E-state index contributed by atoms with van der Waals surface area (Å²) in [5.74, 6) is 0.275. The van der Waals surface area contributed by atoms with E-state index in [4.69, 9.17) is 0 Å². The number of fused-ring (bicyclic) bond motifs is 1. The first kappa shape index (κ1) is 12.3. The van der Waals surface area contributed by atoms with Crippen molar-refractivity contribution in [3.05, 3.63) is 53.6 Å². The summed E-state index contributed by atoms with van der Waals surface area (Å²) < 4.78 is 1.49. The van der Waals surface area contributed by atoms with E-state index < -0.39 is 0 Å². The van der Waals surface area contributed by atoms with Crippen molar-refractivity contribution in [3.63, 3.8) is 0 Å². The number of aryl methyl sites for hydroxylation is 2. The minimum atomic E-state index is -0.207. The van der Waals surface area contributed by atoms with Crippen LogP contribution in [0.2, 0.25) is 0 Å². The lowest BCUT2D eigenvalue weighted by Gasteiger charge is -2.09. The van der Waals surface area contributed by atoms with Gasteiger partial charge in [-0.15, -0.1) is 0 Å². The Balaban J connectivity index is 1.96. The third-order valence-corrected chi connectivity index (χ3v) is 3.10. The van der Waals surface area contributed by atoms with Gasteiger partial charge in [0.15, 0.2) is 0 Å². The van der Waals surface area contributed by atoms with Gasteiger partial charge in [0.25, 0.3) is 11.7 Å². The molecular formula is C14H13N5O. The van der Waals surface area contributed by atoms with Gasteiger partial charge < -0.3 is 5.32 Å². The Morgan fingerprint density at radius 2 is 2.05 bits per heavy atom. The lowest BCUT2D eigenvalue weighted by atomic mass is 10.2. The van der Waals surface area contributed by atoms with Gasteiger partial charge in [-0.05, 0) is 25.5 Å². The number of nitrogens with one attached hydrogen (secondary N) is 1. The smallest absolute Gasteiger partial charge is 0.259 e. The molecule has 0 radical (unpaired) electrons. The molecule has 0 aliphatic rings. The number of hydrogen-bond donors (Lipinski definition) is 1. The third kappa shape index (κ3) is 2.11. The third-order valence-electron chi connectivity index (χ3n) is 3.10. The molecule has 20 heavy (non-hydrogen) atoms. The van der Waals surface area contributed by atoms with Crippen LogP contribution in [0.25, 0.3) is 5.78 Å². The molecule has 0 bridgehead atoms. The molecule has 3 aromatic rings. The molecule has 1 aromatic carbocycles. The van der Waals surface area contributed by atoms with Crippen molar-refractivity contribution in [2.75, 3.05) is 5.32 Å². The van der Waals surface area contributed by atoms with Gasteiger partial charge >= 0.3 is 0 Å². The Hall–Kier alpha value is -2.76. The molecule has 0 spiro atoms. The number of para-hydroxylation sites is 1. The Morgan fingerprint density at radius 3 is 2.85 bits per heavy atom.